The summed E-state index contributed by atoms with van der Waals surface area (Å²) in [5.41, 5.74) is 0.893. The van der Waals surface area contributed by atoms with Crippen LogP contribution in [0.3, 0.4) is 0 Å². The van der Waals surface area contributed by atoms with Crippen LogP contribution in [0.2, 0.25) is 0 Å². The maximum Gasteiger partial charge on any atom is 0.216 e. The largest absolute Gasteiger partial charge is 0.507 e. The number of aromatic hydroxyl groups is 1. The summed E-state index contributed by atoms with van der Waals surface area (Å²) in [6.45, 7) is 4.04. The molecule has 18 heavy (non-hydrogen) atoms. The van der Waals surface area contributed by atoms with Gasteiger partial charge in [-0.1, -0.05) is 6.92 Å². The highest BCUT2D eigenvalue weighted by Gasteiger charge is 2.10. The molecule has 0 aliphatic carbocycles. The molecule has 0 saturated carbocycles. The van der Waals surface area contributed by atoms with Crippen molar-refractivity contribution < 1.29 is 14.6 Å². The second-order valence-electron chi connectivity index (χ2n) is 3.80. The average Bonchev–Trinajstić information content (AvgIpc) is 2.32. The van der Waals surface area contributed by atoms with Crippen molar-refractivity contribution in [3.63, 3.8) is 0 Å². The molecule has 0 aliphatic heterocycles. The Morgan fingerprint density at radius 2 is 2.22 bits per heavy atom. The Kier molecular flexibility index (Phi) is 5.85. The normalized spacial score (nSPS) is 10.2. The number of nitrogens with one attached hydrogen (secondary N) is 1. The van der Waals surface area contributed by atoms with Gasteiger partial charge in [0, 0.05) is 13.5 Å². The smallest absolute Gasteiger partial charge is 0.216 e. The lowest BCUT2D eigenvalue weighted by molar-refractivity contribution is -0.118. The summed E-state index contributed by atoms with van der Waals surface area (Å²) in [6.07, 6.45) is 0.632. The van der Waals surface area contributed by atoms with Crippen molar-refractivity contribution in [1.82, 2.24) is 5.32 Å². The molecule has 0 atom stereocenters. The fourth-order valence-corrected chi connectivity index (χ4v) is 2.33. The van der Waals surface area contributed by atoms with Gasteiger partial charge < -0.3 is 15.2 Å². The number of thioether (sulfide) groups is 1. The molecule has 4 nitrogen and oxygen atoms in total. The number of carbonyl (C=O) groups excluding carboxylic acids is 1. The van der Waals surface area contributed by atoms with Gasteiger partial charge in [0.2, 0.25) is 5.91 Å². The third-order valence-corrected chi connectivity index (χ3v) is 3.36. The van der Waals surface area contributed by atoms with E-state index in [4.69, 9.17) is 4.74 Å². The summed E-state index contributed by atoms with van der Waals surface area (Å²) in [6, 6.07) is 3.55. The van der Waals surface area contributed by atoms with Gasteiger partial charge in [-0.25, -0.2) is 0 Å². The molecule has 100 valence electrons. The van der Waals surface area contributed by atoms with Crippen LogP contribution in [-0.4, -0.2) is 30.4 Å². The summed E-state index contributed by atoms with van der Waals surface area (Å²) in [4.78, 5) is 11.6. The van der Waals surface area contributed by atoms with E-state index in [1.165, 1.54) is 6.92 Å². The average molecular weight is 269 g/mol. The van der Waals surface area contributed by atoms with Crippen molar-refractivity contribution in [2.45, 2.75) is 25.2 Å². The molecule has 0 radical (unpaired) electrons. The van der Waals surface area contributed by atoms with E-state index in [-0.39, 0.29) is 11.7 Å². The first kappa shape index (κ1) is 14.7. The zero-order valence-electron chi connectivity index (χ0n) is 10.9. The maximum atomic E-state index is 10.8. The predicted molar refractivity (Wildman–Crippen MR) is 73.4 cm³/mol. The molecule has 0 unspecified atom stereocenters. The van der Waals surface area contributed by atoms with Gasteiger partial charge in [0.25, 0.3) is 0 Å². The van der Waals surface area contributed by atoms with Gasteiger partial charge in [-0.2, -0.15) is 0 Å². The molecular formula is C13H19NO3S. The number of phenols is 1. The summed E-state index contributed by atoms with van der Waals surface area (Å²) in [5, 5.41) is 12.6. The van der Waals surface area contributed by atoms with Crippen molar-refractivity contribution in [1.29, 1.82) is 0 Å². The SMILES string of the molecule is CCSc1cc(OC)c(CCNC(C)=O)cc1O. The minimum Gasteiger partial charge on any atom is -0.507 e. The van der Waals surface area contributed by atoms with Crippen LogP contribution in [-0.2, 0) is 11.2 Å². The highest BCUT2D eigenvalue weighted by atomic mass is 32.2. The highest BCUT2D eigenvalue weighted by molar-refractivity contribution is 7.99. The number of hydrogen-bond donors (Lipinski definition) is 2. The first-order valence-electron chi connectivity index (χ1n) is 5.85. The number of carbonyl (C=O) groups is 1. The van der Waals surface area contributed by atoms with E-state index in [0.29, 0.717) is 13.0 Å². The summed E-state index contributed by atoms with van der Waals surface area (Å²) in [7, 11) is 1.61. The number of methoxy groups -OCH3 is 1. The zero-order valence-corrected chi connectivity index (χ0v) is 11.8. The van der Waals surface area contributed by atoms with Crippen molar-refractivity contribution in [2.24, 2.45) is 0 Å². The molecule has 1 rings (SSSR count). The lowest BCUT2D eigenvalue weighted by Gasteiger charge is -2.12. The molecule has 0 heterocycles. The molecule has 0 aliphatic rings. The second kappa shape index (κ2) is 7.16. The number of amides is 1. The van der Waals surface area contributed by atoms with Crippen LogP contribution < -0.4 is 10.1 Å². The second-order valence-corrected chi connectivity index (χ2v) is 5.10. The topological polar surface area (TPSA) is 58.6 Å². The standard InChI is InChI=1S/C13H19NO3S/c1-4-18-13-8-12(17-3)10(7-11(13)16)5-6-14-9(2)15/h7-8,16H,4-6H2,1-3H3,(H,14,15). The van der Waals surface area contributed by atoms with Crippen LogP contribution in [0.5, 0.6) is 11.5 Å². The fraction of sp³-hybridized carbons (Fsp3) is 0.462. The molecule has 2 N–H and O–H groups in total. The quantitative estimate of drug-likeness (QED) is 0.777. The molecule has 0 aromatic heterocycles. The number of ether oxygens (including phenoxy) is 1. The van der Waals surface area contributed by atoms with Gasteiger partial charge in [0.1, 0.15) is 11.5 Å². The van der Waals surface area contributed by atoms with Gasteiger partial charge >= 0.3 is 0 Å². The number of rotatable bonds is 6. The third kappa shape index (κ3) is 4.14. The Hall–Kier alpha value is -1.36. The monoisotopic (exact) mass is 269 g/mol. The van der Waals surface area contributed by atoms with E-state index >= 15 is 0 Å². The van der Waals surface area contributed by atoms with E-state index in [1.807, 2.05) is 13.0 Å². The first-order chi connectivity index (χ1) is 8.58. The van der Waals surface area contributed by atoms with Crippen LogP contribution in [0.1, 0.15) is 19.4 Å². The molecule has 0 fully saturated rings. The van der Waals surface area contributed by atoms with E-state index in [2.05, 4.69) is 5.32 Å². The van der Waals surface area contributed by atoms with E-state index in [0.717, 1.165) is 22.0 Å². The van der Waals surface area contributed by atoms with Crippen LogP contribution in [0.25, 0.3) is 0 Å². The number of phenolic OH excluding ortho intramolecular Hbond substituents is 1. The lowest BCUT2D eigenvalue weighted by atomic mass is 10.1. The van der Waals surface area contributed by atoms with Crippen molar-refractivity contribution in [3.8, 4) is 11.5 Å². The summed E-state index contributed by atoms with van der Waals surface area (Å²) in [5.74, 6) is 1.84. The Morgan fingerprint density at radius 1 is 1.50 bits per heavy atom. The molecule has 0 bridgehead atoms. The lowest BCUT2D eigenvalue weighted by Crippen LogP contribution is -2.22. The predicted octanol–water partition coefficient (Wildman–Crippen LogP) is 2.19. The molecule has 1 aromatic carbocycles. The van der Waals surface area contributed by atoms with E-state index < -0.39 is 0 Å². The Labute approximate surface area is 112 Å². The van der Waals surface area contributed by atoms with E-state index in [9.17, 15) is 9.90 Å². The Morgan fingerprint density at radius 3 is 2.78 bits per heavy atom. The third-order valence-electron chi connectivity index (χ3n) is 2.43. The molecule has 0 saturated heterocycles. The Balaban J connectivity index is 2.83. The van der Waals surface area contributed by atoms with Gasteiger partial charge in [0.05, 0.1) is 12.0 Å². The van der Waals surface area contributed by atoms with Gasteiger partial charge in [0.15, 0.2) is 0 Å². The summed E-state index contributed by atoms with van der Waals surface area (Å²) < 4.78 is 5.31. The van der Waals surface area contributed by atoms with Crippen LogP contribution in [0.15, 0.2) is 17.0 Å². The number of hydrogen-bond acceptors (Lipinski definition) is 4. The first-order valence-corrected chi connectivity index (χ1v) is 6.84. The fourth-order valence-electron chi connectivity index (χ4n) is 1.62. The molecule has 5 heteroatoms. The maximum absolute atomic E-state index is 10.8. The van der Waals surface area contributed by atoms with Crippen molar-refractivity contribution >= 4 is 17.7 Å². The van der Waals surface area contributed by atoms with E-state index in [1.54, 1.807) is 24.9 Å². The minimum atomic E-state index is -0.0589. The van der Waals surface area contributed by atoms with Crippen LogP contribution in [0, 0.1) is 0 Å². The molecule has 1 aromatic rings. The van der Waals surface area contributed by atoms with Crippen LogP contribution in [0.4, 0.5) is 0 Å². The van der Waals surface area contributed by atoms with Gasteiger partial charge in [-0.05, 0) is 29.9 Å². The minimum absolute atomic E-state index is 0.0589. The molecule has 1 amide bonds. The Bertz CT molecular complexity index is 421. The highest BCUT2D eigenvalue weighted by Crippen LogP contribution is 2.34. The summed E-state index contributed by atoms with van der Waals surface area (Å²) >= 11 is 1.57. The van der Waals surface area contributed by atoms with Gasteiger partial charge in [-0.15, -0.1) is 11.8 Å². The molecule has 0 spiro atoms. The van der Waals surface area contributed by atoms with Crippen LogP contribution >= 0.6 is 11.8 Å². The van der Waals surface area contributed by atoms with Crippen molar-refractivity contribution in [3.05, 3.63) is 17.7 Å². The zero-order chi connectivity index (χ0) is 13.5. The molecular weight excluding hydrogens is 250 g/mol. The van der Waals surface area contributed by atoms with Crippen molar-refractivity contribution in [2.75, 3.05) is 19.4 Å². The van der Waals surface area contributed by atoms with Gasteiger partial charge in [-0.3, -0.25) is 4.79 Å². The number of benzene rings is 1.